The highest BCUT2D eigenvalue weighted by molar-refractivity contribution is 7.92. The SMILES string of the molecule is COc1ccc(S(=O)(=O)Nc2cc(C)cc3cccnc23)cc1C. The van der Waals surface area contributed by atoms with Crippen LogP contribution in [0, 0.1) is 13.8 Å². The first-order valence-electron chi connectivity index (χ1n) is 7.43. The summed E-state index contributed by atoms with van der Waals surface area (Å²) >= 11 is 0. The summed E-state index contributed by atoms with van der Waals surface area (Å²) in [4.78, 5) is 4.48. The van der Waals surface area contributed by atoms with Gasteiger partial charge in [-0.2, -0.15) is 0 Å². The first kappa shape index (κ1) is 16.3. The zero-order valence-corrected chi connectivity index (χ0v) is 14.5. The highest BCUT2D eigenvalue weighted by Crippen LogP contribution is 2.27. The summed E-state index contributed by atoms with van der Waals surface area (Å²) in [5.74, 6) is 0.650. The van der Waals surface area contributed by atoms with Crippen LogP contribution in [0.15, 0.2) is 53.6 Å². The maximum Gasteiger partial charge on any atom is 0.261 e. The maximum atomic E-state index is 12.7. The smallest absolute Gasteiger partial charge is 0.261 e. The molecule has 0 radical (unpaired) electrons. The van der Waals surface area contributed by atoms with Crippen molar-refractivity contribution >= 4 is 26.6 Å². The van der Waals surface area contributed by atoms with E-state index in [2.05, 4.69) is 9.71 Å². The molecule has 1 aromatic heterocycles. The van der Waals surface area contributed by atoms with Crippen molar-refractivity contribution in [2.45, 2.75) is 18.7 Å². The van der Waals surface area contributed by atoms with Crippen LogP contribution in [-0.4, -0.2) is 20.5 Å². The van der Waals surface area contributed by atoms with Crippen molar-refractivity contribution in [3.05, 3.63) is 59.8 Å². The van der Waals surface area contributed by atoms with E-state index < -0.39 is 10.0 Å². The Balaban J connectivity index is 2.06. The van der Waals surface area contributed by atoms with E-state index in [-0.39, 0.29) is 4.90 Å². The van der Waals surface area contributed by atoms with Crippen LogP contribution in [0.2, 0.25) is 0 Å². The number of hydrogen-bond donors (Lipinski definition) is 1. The molecule has 0 fully saturated rings. The molecule has 5 nitrogen and oxygen atoms in total. The molecule has 0 saturated carbocycles. The van der Waals surface area contributed by atoms with Crippen molar-refractivity contribution in [3.63, 3.8) is 0 Å². The number of hydrogen-bond acceptors (Lipinski definition) is 4. The van der Waals surface area contributed by atoms with Crippen molar-refractivity contribution in [2.75, 3.05) is 11.8 Å². The Hall–Kier alpha value is -2.60. The predicted octanol–water partition coefficient (Wildman–Crippen LogP) is 3.66. The van der Waals surface area contributed by atoms with Crippen molar-refractivity contribution in [1.29, 1.82) is 0 Å². The Morgan fingerprint density at radius 3 is 2.58 bits per heavy atom. The zero-order chi connectivity index (χ0) is 17.3. The summed E-state index contributed by atoms with van der Waals surface area (Å²) in [6, 6.07) is 12.3. The van der Waals surface area contributed by atoms with E-state index in [0.717, 1.165) is 16.5 Å². The average molecular weight is 342 g/mol. The average Bonchev–Trinajstić information content (AvgIpc) is 2.54. The summed E-state index contributed by atoms with van der Waals surface area (Å²) in [5, 5.41) is 0.890. The number of anilines is 1. The van der Waals surface area contributed by atoms with Crippen LogP contribution >= 0.6 is 0 Å². The van der Waals surface area contributed by atoms with Gasteiger partial charge in [-0.1, -0.05) is 6.07 Å². The normalized spacial score (nSPS) is 11.5. The molecule has 0 unspecified atom stereocenters. The molecular formula is C18H18N2O3S. The highest BCUT2D eigenvalue weighted by atomic mass is 32.2. The van der Waals surface area contributed by atoms with Gasteiger partial charge < -0.3 is 4.74 Å². The van der Waals surface area contributed by atoms with Gasteiger partial charge in [0.05, 0.1) is 23.2 Å². The van der Waals surface area contributed by atoms with Gasteiger partial charge in [-0.25, -0.2) is 8.42 Å². The Kier molecular flexibility index (Phi) is 4.15. The molecule has 3 rings (SSSR count). The molecule has 6 heteroatoms. The van der Waals surface area contributed by atoms with Crippen molar-refractivity contribution in [1.82, 2.24) is 4.98 Å². The van der Waals surface area contributed by atoms with E-state index in [9.17, 15) is 8.42 Å². The monoisotopic (exact) mass is 342 g/mol. The van der Waals surface area contributed by atoms with E-state index >= 15 is 0 Å². The molecule has 0 aliphatic carbocycles. The lowest BCUT2D eigenvalue weighted by molar-refractivity contribution is 0.411. The first-order chi connectivity index (χ1) is 11.4. The molecule has 24 heavy (non-hydrogen) atoms. The van der Waals surface area contributed by atoms with Crippen molar-refractivity contribution in [2.24, 2.45) is 0 Å². The van der Waals surface area contributed by atoms with E-state index in [4.69, 9.17) is 4.74 Å². The number of nitrogens with zero attached hydrogens (tertiary/aromatic N) is 1. The molecule has 1 N–H and O–H groups in total. The maximum absolute atomic E-state index is 12.7. The minimum atomic E-state index is -3.71. The number of rotatable bonds is 4. The van der Waals surface area contributed by atoms with Gasteiger partial charge in [-0.3, -0.25) is 9.71 Å². The van der Waals surface area contributed by atoms with E-state index in [1.807, 2.05) is 32.0 Å². The lowest BCUT2D eigenvalue weighted by Crippen LogP contribution is -2.14. The van der Waals surface area contributed by atoms with Crippen molar-refractivity contribution in [3.8, 4) is 5.75 Å². The topological polar surface area (TPSA) is 68.3 Å². The number of fused-ring (bicyclic) bond motifs is 1. The third kappa shape index (κ3) is 3.05. The van der Waals surface area contributed by atoms with Crippen LogP contribution in [-0.2, 0) is 10.0 Å². The van der Waals surface area contributed by atoms with E-state index in [1.54, 1.807) is 31.5 Å². The van der Waals surface area contributed by atoms with Crippen LogP contribution in [0.25, 0.3) is 10.9 Å². The fraction of sp³-hybridized carbons (Fsp3) is 0.167. The lowest BCUT2D eigenvalue weighted by Gasteiger charge is -2.12. The van der Waals surface area contributed by atoms with Gasteiger partial charge in [0.25, 0.3) is 10.0 Å². The molecule has 2 aromatic carbocycles. The van der Waals surface area contributed by atoms with Crippen LogP contribution in [0.3, 0.4) is 0 Å². The number of methoxy groups -OCH3 is 1. The summed E-state index contributed by atoms with van der Waals surface area (Å²) in [6.45, 7) is 3.73. The number of sulfonamides is 1. The minimum Gasteiger partial charge on any atom is -0.496 e. The molecule has 3 aromatic rings. The molecular weight excluding hydrogens is 324 g/mol. The third-order valence-corrected chi connectivity index (χ3v) is 5.13. The molecule has 0 spiro atoms. The van der Waals surface area contributed by atoms with Gasteiger partial charge in [0, 0.05) is 11.6 Å². The standard InChI is InChI=1S/C18H18N2O3S/c1-12-9-14-5-4-8-19-18(14)16(10-12)20-24(21,22)15-6-7-17(23-3)13(2)11-15/h4-11,20H,1-3H3. The largest absolute Gasteiger partial charge is 0.496 e. The van der Waals surface area contributed by atoms with E-state index in [0.29, 0.717) is 17.0 Å². The summed E-state index contributed by atoms with van der Waals surface area (Å²) < 4.78 is 33.3. The highest BCUT2D eigenvalue weighted by Gasteiger charge is 2.17. The molecule has 0 saturated heterocycles. The molecule has 0 bridgehead atoms. The van der Waals surface area contributed by atoms with Gasteiger partial charge in [-0.05, 0) is 61.4 Å². The number of nitrogens with one attached hydrogen (secondary N) is 1. The molecule has 124 valence electrons. The second-order valence-electron chi connectivity index (χ2n) is 5.62. The zero-order valence-electron chi connectivity index (χ0n) is 13.7. The van der Waals surface area contributed by atoms with Gasteiger partial charge >= 0.3 is 0 Å². The molecule has 0 amide bonds. The van der Waals surface area contributed by atoms with Crippen LogP contribution in [0.1, 0.15) is 11.1 Å². The number of aromatic nitrogens is 1. The number of pyridine rings is 1. The molecule has 0 atom stereocenters. The number of ether oxygens (including phenoxy) is 1. The van der Waals surface area contributed by atoms with Gasteiger partial charge in [0.15, 0.2) is 0 Å². The minimum absolute atomic E-state index is 0.186. The van der Waals surface area contributed by atoms with E-state index in [1.165, 1.54) is 6.07 Å². The predicted molar refractivity (Wildman–Crippen MR) is 95.0 cm³/mol. The molecule has 1 heterocycles. The fourth-order valence-corrected chi connectivity index (χ4v) is 3.78. The summed E-state index contributed by atoms with van der Waals surface area (Å²) in [6.07, 6.45) is 1.65. The number of benzene rings is 2. The molecule has 0 aliphatic rings. The van der Waals surface area contributed by atoms with Gasteiger partial charge in [0.1, 0.15) is 5.75 Å². The Morgan fingerprint density at radius 2 is 1.88 bits per heavy atom. The first-order valence-corrected chi connectivity index (χ1v) is 8.92. The second kappa shape index (κ2) is 6.13. The summed E-state index contributed by atoms with van der Waals surface area (Å²) in [7, 11) is -2.16. The van der Waals surface area contributed by atoms with Gasteiger partial charge in [-0.15, -0.1) is 0 Å². The molecule has 0 aliphatic heterocycles. The van der Waals surface area contributed by atoms with Crippen LogP contribution in [0.4, 0.5) is 5.69 Å². The Bertz CT molecular complexity index is 1010. The Morgan fingerprint density at radius 1 is 1.08 bits per heavy atom. The van der Waals surface area contributed by atoms with Gasteiger partial charge in [0.2, 0.25) is 0 Å². The van der Waals surface area contributed by atoms with Crippen LogP contribution < -0.4 is 9.46 Å². The third-order valence-electron chi connectivity index (χ3n) is 3.77. The fourth-order valence-electron chi connectivity index (χ4n) is 2.64. The van der Waals surface area contributed by atoms with Crippen molar-refractivity contribution < 1.29 is 13.2 Å². The number of aryl methyl sites for hydroxylation is 2. The Labute approximate surface area is 141 Å². The summed E-state index contributed by atoms with van der Waals surface area (Å²) in [5.41, 5.74) is 2.81. The second-order valence-corrected chi connectivity index (χ2v) is 7.31. The quantitative estimate of drug-likeness (QED) is 0.785. The lowest BCUT2D eigenvalue weighted by atomic mass is 10.1. The van der Waals surface area contributed by atoms with Crippen LogP contribution in [0.5, 0.6) is 5.75 Å².